The van der Waals surface area contributed by atoms with E-state index in [9.17, 15) is 0 Å². The number of hydrogen-bond acceptors (Lipinski definition) is 1. The van der Waals surface area contributed by atoms with Crippen molar-refractivity contribution in [3.63, 3.8) is 0 Å². The summed E-state index contributed by atoms with van der Waals surface area (Å²) in [6, 6.07) is 49.3. The second-order valence-electron chi connectivity index (χ2n) is 15.1. The Morgan fingerprint density at radius 1 is 0.417 bits per heavy atom. The molecule has 0 saturated heterocycles. The molecule has 7 aromatic carbocycles. The molecule has 1 nitrogen and oxygen atoms in total. The number of benzene rings is 7. The maximum Gasteiger partial charge on any atom is 0.136 e. The van der Waals surface area contributed by atoms with Gasteiger partial charge < -0.3 is 4.42 Å². The van der Waals surface area contributed by atoms with Crippen molar-refractivity contribution in [3.05, 3.63) is 145 Å². The van der Waals surface area contributed by atoms with Gasteiger partial charge in [-0.25, -0.2) is 0 Å². The third kappa shape index (κ3) is 4.44. The van der Waals surface area contributed by atoms with Gasteiger partial charge in [0.15, 0.2) is 0 Å². The van der Waals surface area contributed by atoms with Gasteiger partial charge in [0.25, 0.3) is 0 Å². The first kappa shape index (κ1) is 29.0. The lowest BCUT2D eigenvalue weighted by Crippen LogP contribution is -2.22. The Morgan fingerprint density at radius 3 is 1.54 bits per heavy atom. The molecule has 0 N–H and O–H groups in total. The third-order valence-corrected chi connectivity index (χ3v) is 11.2. The molecule has 0 atom stereocenters. The quantitative estimate of drug-likeness (QED) is 0.141. The Kier molecular flexibility index (Phi) is 6.47. The van der Waals surface area contributed by atoms with E-state index in [0.29, 0.717) is 0 Å². The van der Waals surface area contributed by atoms with E-state index in [4.69, 9.17) is 4.42 Å². The minimum absolute atomic E-state index is 0.0839. The van der Waals surface area contributed by atoms with Crippen LogP contribution in [-0.2, 0) is 10.8 Å². The molecule has 9 rings (SSSR count). The molecule has 234 valence electrons. The summed E-state index contributed by atoms with van der Waals surface area (Å²) in [6.45, 7) is 9.79. The van der Waals surface area contributed by atoms with E-state index in [2.05, 4.69) is 155 Å². The van der Waals surface area contributed by atoms with Crippen LogP contribution >= 0.6 is 0 Å². The fourth-order valence-electron chi connectivity index (χ4n) is 8.64. The Balaban J connectivity index is 1.40. The van der Waals surface area contributed by atoms with E-state index in [0.717, 1.165) is 21.9 Å². The van der Waals surface area contributed by atoms with E-state index in [1.807, 2.05) is 6.07 Å². The van der Waals surface area contributed by atoms with Crippen LogP contribution in [0.3, 0.4) is 0 Å². The van der Waals surface area contributed by atoms with Gasteiger partial charge in [-0.3, -0.25) is 0 Å². The highest BCUT2D eigenvalue weighted by Gasteiger charge is 2.36. The van der Waals surface area contributed by atoms with E-state index >= 15 is 0 Å². The zero-order chi connectivity index (χ0) is 32.6. The van der Waals surface area contributed by atoms with Crippen molar-refractivity contribution in [1.82, 2.24) is 0 Å². The summed E-state index contributed by atoms with van der Waals surface area (Å²) < 4.78 is 6.40. The van der Waals surface area contributed by atoms with E-state index in [1.165, 1.54) is 85.3 Å². The van der Waals surface area contributed by atoms with Crippen LogP contribution in [0.15, 0.2) is 138 Å². The van der Waals surface area contributed by atoms with Gasteiger partial charge in [-0.2, -0.15) is 0 Å². The van der Waals surface area contributed by atoms with Gasteiger partial charge in [-0.15, -0.1) is 0 Å². The molecular weight excluding hydrogens is 581 g/mol. The molecule has 1 aliphatic rings. The summed E-state index contributed by atoms with van der Waals surface area (Å²) in [7, 11) is 0. The highest BCUT2D eigenvalue weighted by Crippen LogP contribution is 2.51. The Hall–Kier alpha value is -5.14. The lowest BCUT2D eigenvalue weighted by Gasteiger charge is -2.32. The summed E-state index contributed by atoms with van der Waals surface area (Å²) in [5, 5.41) is 7.39. The molecule has 1 aromatic heterocycles. The van der Waals surface area contributed by atoms with Crippen LogP contribution in [0.4, 0.5) is 0 Å². The SMILES string of the molecule is CC1(C)CCCC(C)(C)c2cc(-c3c4ccccc4c(-c4ccc5c(c4)oc4ccccc45)c4ccccc34)c(-c3ccccc3)cc21. The number of para-hydroxylation sites is 1. The highest BCUT2D eigenvalue weighted by atomic mass is 16.3. The van der Waals surface area contributed by atoms with E-state index in [1.54, 1.807) is 0 Å². The van der Waals surface area contributed by atoms with Gasteiger partial charge in [0.05, 0.1) is 0 Å². The average Bonchev–Trinajstić information content (AvgIpc) is 3.44. The predicted molar refractivity (Wildman–Crippen MR) is 205 cm³/mol. The first-order valence-electron chi connectivity index (χ1n) is 17.4. The lowest BCUT2D eigenvalue weighted by atomic mass is 9.72. The second-order valence-corrected chi connectivity index (χ2v) is 15.1. The van der Waals surface area contributed by atoms with Gasteiger partial charge in [0, 0.05) is 10.8 Å². The molecule has 0 saturated carbocycles. The number of fused-ring (bicyclic) bond motifs is 6. The Morgan fingerprint density at radius 2 is 0.917 bits per heavy atom. The van der Waals surface area contributed by atoms with Gasteiger partial charge in [-0.05, 0) is 120 Å². The molecule has 0 radical (unpaired) electrons. The summed E-state index contributed by atoms with van der Waals surface area (Å²) in [5.41, 5.74) is 12.7. The molecule has 8 aromatic rings. The smallest absolute Gasteiger partial charge is 0.136 e. The largest absolute Gasteiger partial charge is 0.456 e. The number of hydrogen-bond donors (Lipinski definition) is 0. The molecule has 48 heavy (non-hydrogen) atoms. The summed E-state index contributed by atoms with van der Waals surface area (Å²) in [5.74, 6) is 0. The van der Waals surface area contributed by atoms with Crippen molar-refractivity contribution >= 4 is 43.5 Å². The second kappa shape index (κ2) is 10.7. The summed E-state index contributed by atoms with van der Waals surface area (Å²) in [6.07, 6.45) is 3.63. The van der Waals surface area contributed by atoms with E-state index in [-0.39, 0.29) is 10.8 Å². The molecule has 1 heteroatoms. The zero-order valence-corrected chi connectivity index (χ0v) is 28.2. The van der Waals surface area contributed by atoms with Crippen LogP contribution in [0, 0.1) is 0 Å². The van der Waals surface area contributed by atoms with Gasteiger partial charge >= 0.3 is 0 Å². The van der Waals surface area contributed by atoms with Crippen molar-refractivity contribution in [2.75, 3.05) is 0 Å². The monoisotopic (exact) mass is 620 g/mol. The van der Waals surface area contributed by atoms with Gasteiger partial charge in [-0.1, -0.05) is 137 Å². The Labute approximate surface area is 282 Å². The fourth-order valence-corrected chi connectivity index (χ4v) is 8.64. The van der Waals surface area contributed by atoms with Crippen molar-refractivity contribution < 1.29 is 4.42 Å². The highest BCUT2D eigenvalue weighted by molar-refractivity contribution is 6.23. The molecule has 1 aliphatic carbocycles. The molecule has 0 unspecified atom stereocenters. The van der Waals surface area contributed by atoms with Crippen molar-refractivity contribution in [1.29, 1.82) is 0 Å². The van der Waals surface area contributed by atoms with Crippen LogP contribution in [0.25, 0.3) is 76.9 Å². The molecule has 1 heterocycles. The van der Waals surface area contributed by atoms with Crippen LogP contribution in [-0.4, -0.2) is 0 Å². The third-order valence-electron chi connectivity index (χ3n) is 11.2. The first-order chi connectivity index (χ1) is 23.3. The minimum atomic E-state index is 0.0839. The average molecular weight is 621 g/mol. The van der Waals surface area contributed by atoms with E-state index < -0.39 is 0 Å². The maximum atomic E-state index is 6.40. The molecule has 0 amide bonds. The fraction of sp³-hybridized carbons (Fsp3) is 0.191. The molecule has 0 spiro atoms. The minimum Gasteiger partial charge on any atom is -0.456 e. The van der Waals surface area contributed by atoms with Crippen LogP contribution in [0.1, 0.15) is 58.1 Å². The zero-order valence-electron chi connectivity index (χ0n) is 28.2. The van der Waals surface area contributed by atoms with Crippen LogP contribution in [0.2, 0.25) is 0 Å². The first-order valence-corrected chi connectivity index (χ1v) is 17.4. The Bertz CT molecular complexity index is 2470. The normalized spacial score (nSPS) is 15.6. The number of furan rings is 1. The standard InChI is InChI=1S/C47H40O/c1-46(2)25-14-26-47(3,4)41-29-39(38(28-40(41)46)30-15-6-5-7-16-30)45-36-20-10-8-18-34(36)44(35-19-9-11-21-37(35)45)31-23-24-33-32-17-12-13-22-42(32)48-43(33)27-31/h5-13,15-24,27-29H,14,25-26H2,1-4H3. The lowest BCUT2D eigenvalue weighted by molar-refractivity contribution is 0.433. The van der Waals surface area contributed by atoms with Crippen LogP contribution < -0.4 is 0 Å². The topological polar surface area (TPSA) is 13.1 Å². The molecule has 0 aliphatic heterocycles. The molecule has 0 fully saturated rings. The summed E-state index contributed by atoms with van der Waals surface area (Å²) >= 11 is 0. The van der Waals surface area contributed by atoms with Crippen molar-refractivity contribution in [2.24, 2.45) is 0 Å². The molecular formula is C47H40O. The molecule has 0 bridgehead atoms. The van der Waals surface area contributed by atoms with Crippen LogP contribution in [0.5, 0.6) is 0 Å². The number of rotatable bonds is 3. The maximum absolute atomic E-state index is 6.40. The predicted octanol–water partition coefficient (Wildman–Crippen LogP) is 13.6. The summed E-state index contributed by atoms with van der Waals surface area (Å²) in [4.78, 5) is 0. The van der Waals surface area contributed by atoms with Crippen molar-refractivity contribution in [2.45, 2.75) is 57.8 Å². The van der Waals surface area contributed by atoms with Gasteiger partial charge in [0.1, 0.15) is 11.2 Å². The van der Waals surface area contributed by atoms with Gasteiger partial charge in [0.2, 0.25) is 0 Å². The van der Waals surface area contributed by atoms with Crippen molar-refractivity contribution in [3.8, 4) is 33.4 Å².